The first-order chi connectivity index (χ1) is 13.6. The molecule has 0 aliphatic heterocycles. The Morgan fingerprint density at radius 3 is 2.55 bits per heavy atom. The number of nitrogens with one attached hydrogen (secondary N) is 1. The SMILES string of the molecule is CC(O)CNc1nnc(-c2ccc(C(F)(F)F)cc2OC(F)F)c2c(F)ccn12. The second-order valence-electron chi connectivity index (χ2n) is 6.07. The van der Waals surface area contributed by atoms with Crippen molar-refractivity contribution in [1.82, 2.24) is 14.6 Å². The van der Waals surface area contributed by atoms with Gasteiger partial charge in [-0.2, -0.15) is 22.0 Å². The summed E-state index contributed by atoms with van der Waals surface area (Å²) >= 11 is 0. The lowest BCUT2D eigenvalue weighted by Crippen LogP contribution is -2.18. The van der Waals surface area contributed by atoms with Crippen molar-refractivity contribution in [2.45, 2.75) is 25.8 Å². The van der Waals surface area contributed by atoms with Gasteiger partial charge in [0, 0.05) is 18.3 Å². The van der Waals surface area contributed by atoms with E-state index in [0.717, 1.165) is 12.1 Å². The fraction of sp³-hybridized carbons (Fsp3) is 0.294. The largest absolute Gasteiger partial charge is 0.434 e. The van der Waals surface area contributed by atoms with E-state index in [0.29, 0.717) is 12.1 Å². The number of halogens is 6. The van der Waals surface area contributed by atoms with E-state index in [4.69, 9.17) is 0 Å². The molecule has 6 nitrogen and oxygen atoms in total. The summed E-state index contributed by atoms with van der Waals surface area (Å²) in [5.41, 5.74) is -2.02. The molecule has 0 spiro atoms. The van der Waals surface area contributed by atoms with Gasteiger partial charge < -0.3 is 15.2 Å². The fourth-order valence-corrected chi connectivity index (χ4v) is 2.63. The summed E-state index contributed by atoms with van der Waals surface area (Å²) in [6, 6.07) is 2.94. The van der Waals surface area contributed by atoms with E-state index >= 15 is 0 Å². The molecule has 3 aromatic rings. The van der Waals surface area contributed by atoms with Gasteiger partial charge in [-0.25, -0.2) is 4.39 Å². The molecular formula is C17H14F6N4O2. The summed E-state index contributed by atoms with van der Waals surface area (Å²) in [7, 11) is 0. The standard InChI is InChI=1S/C17H14F6N4O2/c1-8(28)7-24-16-26-25-13(14-11(18)4-5-27(14)16)10-3-2-9(17(21,22)23)6-12(10)29-15(19)20/h2-6,8,15,28H,7H2,1H3,(H,24,26). The highest BCUT2D eigenvalue weighted by Gasteiger charge is 2.32. The first kappa shape index (κ1) is 20.7. The summed E-state index contributed by atoms with van der Waals surface area (Å²) in [5.74, 6) is -1.59. The van der Waals surface area contributed by atoms with E-state index in [1.165, 1.54) is 17.5 Å². The predicted molar refractivity (Wildman–Crippen MR) is 90.2 cm³/mol. The highest BCUT2D eigenvalue weighted by molar-refractivity contribution is 5.82. The lowest BCUT2D eigenvalue weighted by atomic mass is 10.1. The van der Waals surface area contributed by atoms with Gasteiger partial charge in [0.25, 0.3) is 0 Å². The second kappa shape index (κ2) is 7.78. The summed E-state index contributed by atoms with van der Waals surface area (Å²) < 4.78 is 84.2. The maximum atomic E-state index is 14.4. The highest BCUT2D eigenvalue weighted by Crippen LogP contribution is 2.39. The van der Waals surface area contributed by atoms with Crippen LogP contribution in [0.25, 0.3) is 16.8 Å². The third kappa shape index (κ3) is 4.36. The molecule has 12 heteroatoms. The molecule has 0 amide bonds. The Bertz CT molecular complexity index is 1020. The van der Waals surface area contributed by atoms with Gasteiger partial charge in [0.15, 0.2) is 5.82 Å². The summed E-state index contributed by atoms with van der Waals surface area (Å²) in [6.07, 6.45) is -4.28. The molecule has 0 radical (unpaired) electrons. The number of benzene rings is 1. The van der Waals surface area contributed by atoms with Gasteiger partial charge in [-0.1, -0.05) is 0 Å². The number of aliphatic hydroxyl groups is 1. The van der Waals surface area contributed by atoms with E-state index in [1.54, 1.807) is 0 Å². The number of hydrogen-bond acceptors (Lipinski definition) is 5. The van der Waals surface area contributed by atoms with E-state index in [-0.39, 0.29) is 29.3 Å². The Kier molecular flexibility index (Phi) is 5.55. The molecule has 0 bridgehead atoms. The minimum atomic E-state index is -4.80. The minimum absolute atomic E-state index is 0.0387. The van der Waals surface area contributed by atoms with Crippen LogP contribution in [0.4, 0.5) is 32.3 Å². The van der Waals surface area contributed by atoms with Crippen molar-refractivity contribution in [2.24, 2.45) is 0 Å². The third-order valence-corrected chi connectivity index (χ3v) is 3.87. The van der Waals surface area contributed by atoms with Crippen LogP contribution in [0.15, 0.2) is 30.5 Å². The number of aliphatic hydroxyl groups excluding tert-OH is 1. The average Bonchev–Trinajstić information content (AvgIpc) is 3.01. The first-order valence-corrected chi connectivity index (χ1v) is 8.19. The Labute approximate surface area is 159 Å². The lowest BCUT2D eigenvalue weighted by molar-refractivity contribution is -0.138. The number of anilines is 1. The number of fused-ring (bicyclic) bond motifs is 1. The normalized spacial score (nSPS) is 13.1. The van der Waals surface area contributed by atoms with Gasteiger partial charge in [0.05, 0.1) is 11.7 Å². The number of aromatic nitrogens is 3. The van der Waals surface area contributed by atoms with Crippen molar-refractivity contribution >= 4 is 11.5 Å². The van der Waals surface area contributed by atoms with E-state index in [2.05, 4.69) is 20.3 Å². The molecule has 156 valence electrons. The molecule has 2 aromatic heterocycles. The number of rotatable bonds is 6. The van der Waals surface area contributed by atoms with Gasteiger partial charge in [-0.15, -0.1) is 10.2 Å². The van der Waals surface area contributed by atoms with E-state index in [1.807, 2.05) is 0 Å². The zero-order valence-electron chi connectivity index (χ0n) is 14.7. The second-order valence-corrected chi connectivity index (χ2v) is 6.07. The lowest BCUT2D eigenvalue weighted by Gasteiger charge is -2.15. The Morgan fingerprint density at radius 1 is 1.21 bits per heavy atom. The van der Waals surface area contributed by atoms with Crippen LogP contribution in [0.5, 0.6) is 5.75 Å². The molecule has 0 aliphatic rings. The predicted octanol–water partition coefficient (Wildman–Crippen LogP) is 3.95. The number of nitrogens with zero attached hydrogens (tertiary/aromatic N) is 3. The van der Waals surface area contributed by atoms with Crippen LogP contribution in [0.2, 0.25) is 0 Å². The van der Waals surface area contributed by atoms with Crippen molar-refractivity contribution in [2.75, 3.05) is 11.9 Å². The third-order valence-electron chi connectivity index (χ3n) is 3.87. The van der Waals surface area contributed by atoms with Gasteiger partial charge in [0.1, 0.15) is 17.0 Å². The van der Waals surface area contributed by atoms with Gasteiger partial charge in [-0.3, -0.25) is 4.40 Å². The molecule has 0 saturated heterocycles. The molecule has 3 rings (SSSR count). The number of hydrogen-bond donors (Lipinski definition) is 2. The Balaban J connectivity index is 2.17. The molecule has 0 saturated carbocycles. The van der Waals surface area contributed by atoms with Crippen molar-refractivity contribution in [1.29, 1.82) is 0 Å². The monoisotopic (exact) mass is 420 g/mol. The molecule has 1 unspecified atom stereocenters. The quantitative estimate of drug-likeness (QED) is 0.591. The summed E-state index contributed by atoms with van der Waals surface area (Å²) in [4.78, 5) is 0. The fourth-order valence-electron chi connectivity index (χ4n) is 2.63. The van der Waals surface area contributed by atoms with Crippen LogP contribution >= 0.6 is 0 Å². The van der Waals surface area contributed by atoms with Crippen LogP contribution < -0.4 is 10.1 Å². The van der Waals surface area contributed by atoms with Crippen LogP contribution in [0, 0.1) is 5.82 Å². The van der Waals surface area contributed by atoms with Gasteiger partial charge in [0.2, 0.25) is 5.95 Å². The molecule has 1 atom stereocenters. The minimum Gasteiger partial charge on any atom is -0.434 e. The molecule has 1 aromatic carbocycles. The van der Waals surface area contributed by atoms with Crippen molar-refractivity contribution in [3.8, 4) is 17.0 Å². The molecule has 2 heterocycles. The van der Waals surface area contributed by atoms with E-state index < -0.39 is 36.0 Å². The molecule has 2 N–H and O–H groups in total. The summed E-state index contributed by atoms with van der Waals surface area (Å²) in [6.45, 7) is -1.86. The number of ether oxygens (including phenoxy) is 1. The van der Waals surface area contributed by atoms with Crippen LogP contribution in [0.1, 0.15) is 12.5 Å². The highest BCUT2D eigenvalue weighted by atomic mass is 19.4. The van der Waals surface area contributed by atoms with Gasteiger partial charge >= 0.3 is 12.8 Å². The van der Waals surface area contributed by atoms with E-state index in [9.17, 15) is 31.4 Å². The van der Waals surface area contributed by atoms with Crippen LogP contribution in [0.3, 0.4) is 0 Å². The van der Waals surface area contributed by atoms with Crippen molar-refractivity contribution in [3.63, 3.8) is 0 Å². The number of alkyl halides is 5. The maximum Gasteiger partial charge on any atom is 0.416 e. The molecule has 0 aliphatic carbocycles. The molecular weight excluding hydrogens is 406 g/mol. The smallest absolute Gasteiger partial charge is 0.416 e. The first-order valence-electron chi connectivity index (χ1n) is 8.19. The van der Waals surface area contributed by atoms with Gasteiger partial charge in [-0.05, 0) is 31.2 Å². The topological polar surface area (TPSA) is 71.7 Å². The van der Waals surface area contributed by atoms with Crippen molar-refractivity contribution < 1.29 is 36.2 Å². The maximum absolute atomic E-state index is 14.4. The Morgan fingerprint density at radius 2 is 1.93 bits per heavy atom. The molecule has 29 heavy (non-hydrogen) atoms. The zero-order chi connectivity index (χ0) is 21.3. The average molecular weight is 420 g/mol. The van der Waals surface area contributed by atoms with Crippen molar-refractivity contribution in [3.05, 3.63) is 41.8 Å². The van der Waals surface area contributed by atoms with Crippen LogP contribution in [-0.2, 0) is 6.18 Å². The Hall–Kier alpha value is -3.02. The van der Waals surface area contributed by atoms with Crippen LogP contribution in [-0.4, -0.2) is 39.0 Å². The molecule has 0 fully saturated rings. The zero-order valence-corrected chi connectivity index (χ0v) is 14.7. The summed E-state index contributed by atoms with van der Waals surface area (Å²) in [5, 5.41) is 19.7.